The van der Waals surface area contributed by atoms with E-state index in [1.54, 1.807) is 12.1 Å². The predicted molar refractivity (Wildman–Crippen MR) is 89.9 cm³/mol. The van der Waals surface area contributed by atoms with Crippen LogP contribution in [0.25, 0.3) is 0 Å². The standard InChI is InChI=1S/C16H18ClNO4S/c1-23(20,21)22-15-8-7-13(9-14(15)17)10-16(19)18-11-12-5-3-2-4-6-12/h2-9,16,18-19H,10-11H2,1H3. The highest BCUT2D eigenvalue weighted by Gasteiger charge is 2.11. The summed E-state index contributed by atoms with van der Waals surface area (Å²) in [6, 6.07) is 14.5. The first-order valence-corrected chi connectivity index (χ1v) is 9.16. The van der Waals surface area contributed by atoms with E-state index in [1.807, 2.05) is 30.3 Å². The summed E-state index contributed by atoms with van der Waals surface area (Å²) in [5.41, 5.74) is 1.84. The highest BCUT2D eigenvalue weighted by molar-refractivity contribution is 7.86. The minimum atomic E-state index is -3.62. The Hall–Kier alpha value is -1.60. The van der Waals surface area contributed by atoms with Crippen molar-refractivity contribution in [1.29, 1.82) is 0 Å². The van der Waals surface area contributed by atoms with Gasteiger partial charge in [-0.1, -0.05) is 48.0 Å². The lowest BCUT2D eigenvalue weighted by Crippen LogP contribution is -2.30. The van der Waals surface area contributed by atoms with E-state index in [-0.39, 0.29) is 10.8 Å². The maximum absolute atomic E-state index is 11.1. The molecule has 0 saturated heterocycles. The maximum Gasteiger partial charge on any atom is 0.306 e. The Balaban J connectivity index is 1.93. The third-order valence-corrected chi connectivity index (χ3v) is 3.83. The predicted octanol–water partition coefficient (Wildman–Crippen LogP) is 2.33. The Morgan fingerprint density at radius 2 is 1.87 bits per heavy atom. The van der Waals surface area contributed by atoms with Crippen LogP contribution < -0.4 is 9.50 Å². The van der Waals surface area contributed by atoms with Crippen molar-refractivity contribution in [3.8, 4) is 5.75 Å². The van der Waals surface area contributed by atoms with Crippen molar-refractivity contribution in [2.24, 2.45) is 0 Å². The summed E-state index contributed by atoms with van der Waals surface area (Å²) in [6.07, 6.45) is 0.549. The molecule has 0 heterocycles. The number of rotatable bonds is 7. The first-order valence-electron chi connectivity index (χ1n) is 6.97. The van der Waals surface area contributed by atoms with E-state index >= 15 is 0 Å². The summed E-state index contributed by atoms with van der Waals surface area (Å²) in [5, 5.41) is 13.2. The van der Waals surface area contributed by atoms with Crippen LogP contribution >= 0.6 is 11.6 Å². The first-order chi connectivity index (χ1) is 10.8. The number of aliphatic hydroxyl groups excluding tert-OH is 1. The van der Waals surface area contributed by atoms with Crippen molar-refractivity contribution in [3.05, 3.63) is 64.7 Å². The van der Waals surface area contributed by atoms with Crippen molar-refractivity contribution in [2.45, 2.75) is 19.2 Å². The second-order valence-corrected chi connectivity index (χ2v) is 7.12. The fraction of sp³-hybridized carbons (Fsp3) is 0.250. The Labute approximate surface area is 141 Å². The van der Waals surface area contributed by atoms with E-state index in [9.17, 15) is 13.5 Å². The molecular formula is C16H18ClNO4S. The number of aliphatic hydroxyl groups is 1. The Bertz CT molecular complexity index is 750. The van der Waals surface area contributed by atoms with E-state index in [1.165, 1.54) is 6.07 Å². The molecule has 0 aliphatic carbocycles. The molecule has 2 aromatic rings. The lowest BCUT2D eigenvalue weighted by atomic mass is 10.1. The Morgan fingerprint density at radius 3 is 2.48 bits per heavy atom. The van der Waals surface area contributed by atoms with E-state index < -0.39 is 16.3 Å². The average Bonchev–Trinajstić information content (AvgIpc) is 2.48. The molecule has 7 heteroatoms. The van der Waals surface area contributed by atoms with Gasteiger partial charge in [0, 0.05) is 13.0 Å². The number of nitrogens with one attached hydrogen (secondary N) is 1. The summed E-state index contributed by atoms with van der Waals surface area (Å²) in [5.74, 6) is 0.0738. The van der Waals surface area contributed by atoms with Crippen LogP contribution in [0.5, 0.6) is 5.75 Å². The zero-order valence-electron chi connectivity index (χ0n) is 12.6. The van der Waals surface area contributed by atoms with Crippen molar-refractivity contribution in [3.63, 3.8) is 0 Å². The SMILES string of the molecule is CS(=O)(=O)Oc1ccc(CC(O)NCc2ccccc2)cc1Cl. The van der Waals surface area contributed by atoms with Gasteiger partial charge >= 0.3 is 10.1 Å². The highest BCUT2D eigenvalue weighted by atomic mass is 35.5. The molecule has 0 aliphatic heterocycles. The Morgan fingerprint density at radius 1 is 1.17 bits per heavy atom. The van der Waals surface area contributed by atoms with Crippen LogP contribution in [-0.4, -0.2) is 26.0 Å². The lowest BCUT2D eigenvalue weighted by molar-refractivity contribution is 0.135. The molecule has 5 nitrogen and oxygen atoms in total. The maximum atomic E-state index is 11.1. The van der Waals surface area contributed by atoms with Crippen molar-refractivity contribution < 1.29 is 17.7 Å². The molecule has 2 N–H and O–H groups in total. The quantitative estimate of drug-likeness (QED) is 0.589. The van der Waals surface area contributed by atoms with Crippen molar-refractivity contribution in [1.82, 2.24) is 5.32 Å². The van der Waals surface area contributed by atoms with Gasteiger partial charge in [-0.3, -0.25) is 5.32 Å². The largest absolute Gasteiger partial charge is 0.381 e. The molecule has 0 amide bonds. The fourth-order valence-corrected chi connectivity index (χ4v) is 2.79. The zero-order chi connectivity index (χ0) is 16.9. The summed E-state index contributed by atoms with van der Waals surface area (Å²) >= 11 is 6.00. The van der Waals surface area contributed by atoms with Gasteiger partial charge in [-0.05, 0) is 23.3 Å². The molecule has 124 valence electrons. The molecule has 0 spiro atoms. The van der Waals surface area contributed by atoms with Gasteiger partial charge in [0.25, 0.3) is 0 Å². The number of benzene rings is 2. The van der Waals surface area contributed by atoms with Crippen molar-refractivity contribution in [2.75, 3.05) is 6.26 Å². The van der Waals surface area contributed by atoms with E-state index in [2.05, 4.69) is 5.32 Å². The summed E-state index contributed by atoms with van der Waals surface area (Å²) < 4.78 is 27.0. The lowest BCUT2D eigenvalue weighted by Gasteiger charge is -2.14. The van der Waals surface area contributed by atoms with Crippen LogP contribution in [0.3, 0.4) is 0 Å². The molecule has 0 aliphatic rings. The molecule has 0 fully saturated rings. The summed E-state index contributed by atoms with van der Waals surface area (Å²) in [7, 11) is -3.62. The number of hydrogen-bond acceptors (Lipinski definition) is 5. The van der Waals surface area contributed by atoms with Gasteiger partial charge in [0.1, 0.15) is 6.23 Å². The molecule has 2 aromatic carbocycles. The van der Waals surface area contributed by atoms with Gasteiger partial charge in [0.2, 0.25) is 0 Å². The van der Waals surface area contributed by atoms with Gasteiger partial charge in [-0.25, -0.2) is 0 Å². The summed E-state index contributed by atoms with van der Waals surface area (Å²) in [6.45, 7) is 0.547. The van der Waals surface area contributed by atoms with Gasteiger partial charge in [0.15, 0.2) is 5.75 Å². The smallest absolute Gasteiger partial charge is 0.306 e. The fourth-order valence-electron chi connectivity index (χ4n) is 2.03. The topological polar surface area (TPSA) is 75.6 Å². The zero-order valence-corrected chi connectivity index (χ0v) is 14.1. The van der Waals surface area contributed by atoms with Crippen LogP contribution in [0.15, 0.2) is 48.5 Å². The molecule has 1 atom stereocenters. The molecule has 0 radical (unpaired) electrons. The molecule has 23 heavy (non-hydrogen) atoms. The molecule has 2 rings (SSSR count). The normalized spacial score (nSPS) is 12.8. The van der Waals surface area contributed by atoms with E-state index in [4.69, 9.17) is 15.8 Å². The highest BCUT2D eigenvalue weighted by Crippen LogP contribution is 2.26. The van der Waals surface area contributed by atoms with Crippen molar-refractivity contribution >= 4 is 21.7 Å². The molecule has 1 unspecified atom stereocenters. The van der Waals surface area contributed by atoms with Gasteiger partial charge in [-0.2, -0.15) is 8.42 Å². The molecule has 0 aromatic heterocycles. The van der Waals surface area contributed by atoms with Gasteiger partial charge in [-0.15, -0.1) is 0 Å². The van der Waals surface area contributed by atoms with E-state index in [0.717, 1.165) is 17.4 Å². The first kappa shape index (κ1) is 17.7. The van der Waals surface area contributed by atoms with Gasteiger partial charge < -0.3 is 9.29 Å². The van der Waals surface area contributed by atoms with Crippen LogP contribution in [0.4, 0.5) is 0 Å². The Kier molecular flexibility index (Phi) is 6.01. The van der Waals surface area contributed by atoms with Crippen LogP contribution in [-0.2, 0) is 23.1 Å². The second kappa shape index (κ2) is 7.79. The molecule has 0 saturated carbocycles. The van der Waals surface area contributed by atoms with E-state index in [0.29, 0.717) is 13.0 Å². The third-order valence-electron chi connectivity index (χ3n) is 3.05. The van der Waals surface area contributed by atoms with Crippen LogP contribution in [0, 0.1) is 0 Å². The average molecular weight is 356 g/mol. The van der Waals surface area contributed by atoms with Crippen LogP contribution in [0.2, 0.25) is 5.02 Å². The van der Waals surface area contributed by atoms with Crippen LogP contribution in [0.1, 0.15) is 11.1 Å². The number of halogens is 1. The minimum Gasteiger partial charge on any atom is -0.381 e. The summed E-state index contributed by atoms with van der Waals surface area (Å²) in [4.78, 5) is 0. The molecular weight excluding hydrogens is 338 g/mol. The second-order valence-electron chi connectivity index (χ2n) is 5.14. The monoisotopic (exact) mass is 355 g/mol. The molecule has 0 bridgehead atoms. The number of hydrogen-bond donors (Lipinski definition) is 2. The minimum absolute atomic E-state index is 0.0738. The van der Waals surface area contributed by atoms with Gasteiger partial charge in [0.05, 0.1) is 11.3 Å². The third kappa shape index (κ3) is 6.19.